The van der Waals surface area contributed by atoms with E-state index in [2.05, 4.69) is 19.9 Å². The van der Waals surface area contributed by atoms with Crippen molar-refractivity contribution >= 4 is 15.8 Å². The molecule has 1 fully saturated rings. The van der Waals surface area contributed by atoms with E-state index in [1.807, 2.05) is 42.5 Å². The Morgan fingerprint density at radius 1 is 0.882 bits per heavy atom. The second-order valence-corrected chi connectivity index (χ2v) is 10.1. The zero-order chi connectivity index (χ0) is 23.5. The third-order valence-electron chi connectivity index (χ3n) is 5.89. The molecule has 174 valence electrons. The molecule has 0 unspecified atom stereocenters. The van der Waals surface area contributed by atoms with E-state index in [4.69, 9.17) is 0 Å². The maximum atomic E-state index is 13.2. The number of pyridine rings is 1. The SMILES string of the molecule is O=S(=O)(Cc1ccccc1)N1CCN(c2ccc(-c3nc(-c4ccc(F)cc4)c[nH]3)cn2)CC1. The molecule has 3 heterocycles. The fraction of sp³-hybridized carbons (Fsp3) is 0.200. The van der Waals surface area contributed by atoms with Gasteiger partial charge >= 0.3 is 0 Å². The summed E-state index contributed by atoms with van der Waals surface area (Å²) in [5.41, 5.74) is 3.18. The number of sulfonamides is 1. The molecule has 0 aliphatic carbocycles. The Labute approximate surface area is 198 Å². The molecule has 34 heavy (non-hydrogen) atoms. The molecule has 4 aromatic rings. The van der Waals surface area contributed by atoms with Gasteiger partial charge in [-0.3, -0.25) is 0 Å². The third kappa shape index (κ3) is 4.85. The van der Waals surface area contributed by atoms with Crippen LogP contribution in [0.15, 0.2) is 79.1 Å². The Kier molecular flexibility index (Phi) is 6.12. The summed E-state index contributed by atoms with van der Waals surface area (Å²) in [5, 5.41) is 0. The lowest BCUT2D eigenvalue weighted by Crippen LogP contribution is -2.49. The largest absolute Gasteiger partial charge is 0.354 e. The zero-order valence-electron chi connectivity index (χ0n) is 18.4. The number of imidazole rings is 1. The molecule has 0 radical (unpaired) electrons. The van der Waals surface area contributed by atoms with Crippen molar-refractivity contribution in [1.29, 1.82) is 0 Å². The number of H-pyrrole nitrogens is 1. The van der Waals surface area contributed by atoms with Crippen LogP contribution in [-0.4, -0.2) is 53.9 Å². The fourth-order valence-electron chi connectivity index (χ4n) is 4.02. The molecule has 0 spiro atoms. The van der Waals surface area contributed by atoms with E-state index < -0.39 is 10.0 Å². The van der Waals surface area contributed by atoms with Crippen molar-refractivity contribution in [3.63, 3.8) is 0 Å². The van der Waals surface area contributed by atoms with Crippen molar-refractivity contribution < 1.29 is 12.8 Å². The Morgan fingerprint density at radius 3 is 2.26 bits per heavy atom. The number of nitrogens with one attached hydrogen (secondary N) is 1. The van der Waals surface area contributed by atoms with Crippen molar-refractivity contribution in [3.05, 3.63) is 90.5 Å². The van der Waals surface area contributed by atoms with Crippen molar-refractivity contribution in [2.75, 3.05) is 31.1 Å². The van der Waals surface area contributed by atoms with Crippen LogP contribution in [0.5, 0.6) is 0 Å². The normalized spacial score (nSPS) is 14.9. The van der Waals surface area contributed by atoms with Crippen molar-refractivity contribution in [3.8, 4) is 22.6 Å². The first kappa shape index (κ1) is 22.2. The van der Waals surface area contributed by atoms with Gasteiger partial charge in [0.05, 0.1) is 11.4 Å². The van der Waals surface area contributed by atoms with Crippen LogP contribution in [0.2, 0.25) is 0 Å². The van der Waals surface area contributed by atoms with Crippen LogP contribution in [0, 0.1) is 5.82 Å². The summed E-state index contributed by atoms with van der Waals surface area (Å²) in [5.74, 6) is 1.21. The molecule has 7 nitrogen and oxygen atoms in total. The molecule has 1 aliphatic heterocycles. The maximum Gasteiger partial charge on any atom is 0.218 e. The number of aromatic amines is 1. The Balaban J connectivity index is 1.22. The van der Waals surface area contributed by atoms with E-state index in [0.717, 1.165) is 28.2 Å². The highest BCUT2D eigenvalue weighted by Gasteiger charge is 2.27. The first-order chi connectivity index (χ1) is 16.5. The van der Waals surface area contributed by atoms with Gasteiger partial charge in [-0.15, -0.1) is 0 Å². The van der Waals surface area contributed by atoms with Gasteiger partial charge in [-0.1, -0.05) is 30.3 Å². The van der Waals surface area contributed by atoms with Gasteiger partial charge in [0.1, 0.15) is 17.5 Å². The monoisotopic (exact) mass is 477 g/mol. The minimum Gasteiger partial charge on any atom is -0.354 e. The van der Waals surface area contributed by atoms with Crippen LogP contribution in [-0.2, 0) is 15.8 Å². The molecule has 9 heteroatoms. The highest BCUT2D eigenvalue weighted by atomic mass is 32.2. The lowest BCUT2D eigenvalue weighted by molar-refractivity contribution is 0.383. The predicted octanol–water partition coefficient (Wildman–Crippen LogP) is 3.93. The highest BCUT2D eigenvalue weighted by molar-refractivity contribution is 7.88. The molecule has 2 aromatic carbocycles. The van der Waals surface area contributed by atoms with Crippen LogP contribution in [0.3, 0.4) is 0 Å². The molecule has 0 atom stereocenters. The quantitative estimate of drug-likeness (QED) is 0.455. The average Bonchev–Trinajstić information content (AvgIpc) is 3.35. The fourth-order valence-corrected chi connectivity index (χ4v) is 5.54. The second kappa shape index (κ2) is 9.36. The Hall–Kier alpha value is -3.56. The minimum absolute atomic E-state index is 0.0177. The smallest absolute Gasteiger partial charge is 0.218 e. The first-order valence-electron chi connectivity index (χ1n) is 11.0. The predicted molar refractivity (Wildman–Crippen MR) is 130 cm³/mol. The lowest BCUT2D eigenvalue weighted by atomic mass is 10.2. The molecule has 2 aromatic heterocycles. The summed E-state index contributed by atoms with van der Waals surface area (Å²) < 4.78 is 40.3. The number of hydrogen-bond donors (Lipinski definition) is 1. The van der Waals surface area contributed by atoms with E-state index in [1.54, 1.807) is 28.8 Å². The standard InChI is InChI=1S/C25H24FN5O2S/c26-22-9-6-20(7-10-22)23-17-28-25(29-23)21-8-11-24(27-16-21)30-12-14-31(15-13-30)34(32,33)18-19-4-2-1-3-5-19/h1-11,16-17H,12-15,18H2,(H,28,29). The topological polar surface area (TPSA) is 82.2 Å². The number of benzene rings is 2. The van der Waals surface area contributed by atoms with Crippen LogP contribution in [0.4, 0.5) is 10.2 Å². The summed E-state index contributed by atoms with van der Waals surface area (Å²) in [6.45, 7) is 2.02. The van der Waals surface area contributed by atoms with Crippen LogP contribution >= 0.6 is 0 Å². The number of aromatic nitrogens is 3. The number of nitrogens with zero attached hydrogens (tertiary/aromatic N) is 4. The summed E-state index contributed by atoms with van der Waals surface area (Å²) in [7, 11) is -3.35. The van der Waals surface area contributed by atoms with Crippen LogP contribution in [0.25, 0.3) is 22.6 Å². The number of halogens is 1. The summed E-state index contributed by atoms with van der Waals surface area (Å²) in [6, 6.07) is 19.3. The van der Waals surface area contributed by atoms with Gasteiger partial charge in [0.2, 0.25) is 10.0 Å². The molecule has 5 rings (SSSR count). The van der Waals surface area contributed by atoms with Crippen LogP contribution in [0.1, 0.15) is 5.56 Å². The van der Waals surface area contributed by atoms with Gasteiger partial charge < -0.3 is 9.88 Å². The molecule has 0 bridgehead atoms. The van der Waals surface area contributed by atoms with Gasteiger partial charge in [0.15, 0.2) is 0 Å². The molecule has 0 amide bonds. The van der Waals surface area contributed by atoms with Gasteiger partial charge in [-0.05, 0) is 42.0 Å². The van der Waals surface area contributed by atoms with Gasteiger partial charge in [-0.2, -0.15) is 4.31 Å². The zero-order valence-corrected chi connectivity index (χ0v) is 19.2. The minimum atomic E-state index is -3.35. The number of anilines is 1. The summed E-state index contributed by atoms with van der Waals surface area (Å²) >= 11 is 0. The van der Waals surface area contributed by atoms with Crippen molar-refractivity contribution in [1.82, 2.24) is 19.3 Å². The van der Waals surface area contributed by atoms with Gasteiger partial charge in [-0.25, -0.2) is 22.8 Å². The Morgan fingerprint density at radius 2 is 1.59 bits per heavy atom. The molecular weight excluding hydrogens is 453 g/mol. The number of rotatable bonds is 6. The van der Waals surface area contributed by atoms with Crippen molar-refractivity contribution in [2.24, 2.45) is 0 Å². The van der Waals surface area contributed by atoms with E-state index in [0.29, 0.717) is 32.0 Å². The second-order valence-electron chi connectivity index (χ2n) is 8.17. The number of piperazine rings is 1. The molecule has 0 saturated carbocycles. The van der Waals surface area contributed by atoms with E-state index >= 15 is 0 Å². The average molecular weight is 478 g/mol. The molecular formula is C25H24FN5O2S. The van der Waals surface area contributed by atoms with Gasteiger partial charge in [0, 0.05) is 49.7 Å². The number of hydrogen-bond acceptors (Lipinski definition) is 5. The summed E-state index contributed by atoms with van der Waals surface area (Å²) in [6.07, 6.45) is 3.53. The van der Waals surface area contributed by atoms with Crippen LogP contribution < -0.4 is 4.90 Å². The van der Waals surface area contributed by atoms with E-state index in [-0.39, 0.29) is 11.6 Å². The Bertz CT molecular complexity index is 1350. The van der Waals surface area contributed by atoms with Crippen molar-refractivity contribution in [2.45, 2.75) is 5.75 Å². The maximum absolute atomic E-state index is 13.2. The van der Waals surface area contributed by atoms with E-state index in [1.165, 1.54) is 12.1 Å². The highest BCUT2D eigenvalue weighted by Crippen LogP contribution is 2.24. The first-order valence-corrected chi connectivity index (χ1v) is 12.6. The van der Waals surface area contributed by atoms with E-state index in [9.17, 15) is 12.8 Å². The van der Waals surface area contributed by atoms with Gasteiger partial charge in [0.25, 0.3) is 0 Å². The lowest BCUT2D eigenvalue weighted by Gasteiger charge is -2.34. The summed E-state index contributed by atoms with van der Waals surface area (Å²) in [4.78, 5) is 14.4. The third-order valence-corrected chi connectivity index (χ3v) is 7.74. The molecule has 1 aliphatic rings. The molecule has 1 saturated heterocycles. The molecule has 1 N–H and O–H groups in total.